The highest BCUT2D eigenvalue weighted by Gasteiger charge is 2.24. The van der Waals surface area contributed by atoms with Crippen molar-refractivity contribution in [1.82, 2.24) is 0 Å². The van der Waals surface area contributed by atoms with Crippen LogP contribution in [0.2, 0.25) is 0 Å². The van der Waals surface area contributed by atoms with Crippen molar-refractivity contribution in [3.8, 4) is 0 Å². The maximum absolute atomic E-state index is 11.5. The summed E-state index contributed by atoms with van der Waals surface area (Å²) in [6.45, 7) is 0. The number of benzene rings is 2. The van der Waals surface area contributed by atoms with E-state index < -0.39 is 5.97 Å². The monoisotopic (exact) mass is 521 g/mol. The third kappa shape index (κ3) is 4.23. The topological polar surface area (TPSA) is 113 Å². The molecule has 0 fully saturated rings. The smallest absolute Gasteiger partial charge is 0.339 e. The van der Waals surface area contributed by atoms with Crippen molar-refractivity contribution < 1.29 is 28.7 Å². The molecular formula is C22H20INO6. The van der Waals surface area contributed by atoms with Crippen molar-refractivity contribution in [2.45, 2.75) is 25.7 Å². The summed E-state index contributed by atoms with van der Waals surface area (Å²) in [6.07, 6.45) is 2.54. The number of esters is 2. The number of ketones is 2. The number of halogens is 1. The molecule has 2 aromatic carbocycles. The van der Waals surface area contributed by atoms with Gasteiger partial charge < -0.3 is 15.2 Å². The van der Waals surface area contributed by atoms with Gasteiger partial charge in [0.15, 0.2) is 11.6 Å². The fraction of sp³-hybridized carbons (Fsp3) is 0.273. The number of ether oxygens (including phenoxy) is 2. The summed E-state index contributed by atoms with van der Waals surface area (Å²) in [7, 11) is 2.63. The number of nitrogen functional groups attached to an aromatic ring is 1. The Hall–Kier alpha value is -2.75. The summed E-state index contributed by atoms with van der Waals surface area (Å²) < 4.78 is 10.1. The molecule has 0 radical (unpaired) electrons. The van der Waals surface area contributed by atoms with Crippen molar-refractivity contribution in [3.05, 3.63) is 61.2 Å². The second kappa shape index (κ2) is 8.95. The highest BCUT2D eigenvalue weighted by Crippen LogP contribution is 2.28. The Morgan fingerprint density at radius 2 is 1.27 bits per heavy atom. The predicted molar refractivity (Wildman–Crippen MR) is 118 cm³/mol. The first-order valence-corrected chi connectivity index (χ1v) is 10.3. The second-order valence-corrected chi connectivity index (χ2v) is 8.08. The number of hydrogen-bond acceptors (Lipinski definition) is 7. The van der Waals surface area contributed by atoms with Gasteiger partial charge in [0.25, 0.3) is 0 Å². The van der Waals surface area contributed by atoms with Crippen molar-refractivity contribution in [3.63, 3.8) is 0 Å². The zero-order valence-corrected chi connectivity index (χ0v) is 18.7. The lowest BCUT2D eigenvalue weighted by Gasteiger charge is -2.06. The summed E-state index contributed by atoms with van der Waals surface area (Å²) in [4.78, 5) is 45.7. The van der Waals surface area contributed by atoms with Crippen LogP contribution in [0.1, 0.15) is 65.4 Å². The van der Waals surface area contributed by atoms with Crippen LogP contribution in [0.4, 0.5) is 5.69 Å². The average molecular weight is 521 g/mol. The SMILES string of the molecule is COC(=O)c1cc2c(cc1I)CCC2=O.COC(=O)c1cc2c(cc1N)CCC2=O. The normalized spacial score (nSPS) is 13.8. The third-order valence-electron chi connectivity index (χ3n) is 5.12. The molecule has 2 aliphatic carbocycles. The molecule has 0 heterocycles. The summed E-state index contributed by atoms with van der Waals surface area (Å²) >= 11 is 2.09. The molecule has 0 unspecified atom stereocenters. The molecule has 2 aliphatic rings. The third-order valence-corrected chi connectivity index (χ3v) is 6.01. The second-order valence-electron chi connectivity index (χ2n) is 6.92. The zero-order chi connectivity index (χ0) is 22.0. The molecule has 30 heavy (non-hydrogen) atoms. The Bertz CT molecular complexity index is 990. The Morgan fingerprint density at radius 1 is 0.800 bits per heavy atom. The highest BCUT2D eigenvalue weighted by atomic mass is 127. The van der Waals surface area contributed by atoms with Crippen LogP contribution in [-0.4, -0.2) is 37.7 Å². The zero-order valence-electron chi connectivity index (χ0n) is 16.5. The molecule has 8 heteroatoms. The van der Waals surface area contributed by atoms with Crippen molar-refractivity contribution in [2.24, 2.45) is 0 Å². The van der Waals surface area contributed by atoms with E-state index in [4.69, 9.17) is 5.73 Å². The minimum atomic E-state index is -0.505. The molecule has 0 spiro atoms. The quantitative estimate of drug-likeness (QED) is 0.366. The van der Waals surface area contributed by atoms with E-state index in [1.165, 1.54) is 20.3 Å². The molecule has 7 nitrogen and oxygen atoms in total. The minimum Gasteiger partial charge on any atom is -0.465 e. The molecule has 0 bridgehead atoms. The molecule has 2 aromatic rings. The lowest BCUT2D eigenvalue weighted by Crippen LogP contribution is -2.07. The van der Waals surface area contributed by atoms with E-state index in [-0.39, 0.29) is 23.1 Å². The number of anilines is 1. The van der Waals surface area contributed by atoms with Crippen LogP contribution >= 0.6 is 22.6 Å². The van der Waals surface area contributed by atoms with Gasteiger partial charge in [0.05, 0.1) is 25.3 Å². The Kier molecular flexibility index (Phi) is 6.55. The predicted octanol–water partition coefficient (Wildman–Crippen LogP) is 3.39. The highest BCUT2D eigenvalue weighted by molar-refractivity contribution is 14.1. The Balaban J connectivity index is 0.000000171. The van der Waals surface area contributed by atoms with Crippen LogP contribution in [0.15, 0.2) is 24.3 Å². The van der Waals surface area contributed by atoms with Crippen LogP contribution in [0.25, 0.3) is 0 Å². The van der Waals surface area contributed by atoms with Gasteiger partial charge in [-0.15, -0.1) is 0 Å². The van der Waals surface area contributed by atoms with E-state index in [0.717, 1.165) is 21.1 Å². The lowest BCUT2D eigenvalue weighted by molar-refractivity contribution is 0.0591. The number of rotatable bonds is 2. The minimum absolute atomic E-state index is 0.0650. The van der Waals surface area contributed by atoms with Gasteiger partial charge in [0.1, 0.15) is 0 Å². The molecule has 0 aromatic heterocycles. The van der Waals surface area contributed by atoms with Crippen molar-refractivity contribution in [1.29, 1.82) is 0 Å². The summed E-state index contributed by atoms with van der Waals surface area (Å²) in [5.41, 5.74) is 10.1. The van der Waals surface area contributed by atoms with Gasteiger partial charge in [-0.2, -0.15) is 0 Å². The fourth-order valence-electron chi connectivity index (χ4n) is 3.53. The molecule has 156 valence electrons. The lowest BCUT2D eigenvalue weighted by atomic mass is 10.0. The Labute approximate surface area is 187 Å². The van der Waals surface area contributed by atoms with Gasteiger partial charge in [-0.3, -0.25) is 9.59 Å². The van der Waals surface area contributed by atoms with E-state index >= 15 is 0 Å². The van der Waals surface area contributed by atoms with Crippen LogP contribution < -0.4 is 5.73 Å². The molecule has 2 N–H and O–H groups in total. The van der Waals surface area contributed by atoms with Gasteiger partial charge in [0, 0.05) is 33.2 Å². The van der Waals surface area contributed by atoms with Gasteiger partial charge in [0.2, 0.25) is 0 Å². The van der Waals surface area contributed by atoms with Crippen LogP contribution in [0.5, 0.6) is 0 Å². The Morgan fingerprint density at radius 3 is 1.80 bits per heavy atom. The number of Topliss-reactive ketones (excluding diaryl/α,β-unsaturated/α-hetero) is 2. The van der Waals surface area contributed by atoms with E-state index in [0.29, 0.717) is 41.6 Å². The fourth-order valence-corrected chi connectivity index (χ4v) is 4.28. The maximum Gasteiger partial charge on any atom is 0.339 e. The molecule has 0 saturated carbocycles. The number of hydrogen-bond donors (Lipinski definition) is 1. The van der Waals surface area contributed by atoms with Gasteiger partial charge in [-0.25, -0.2) is 9.59 Å². The van der Waals surface area contributed by atoms with E-state index in [9.17, 15) is 19.2 Å². The first-order chi connectivity index (χ1) is 14.3. The van der Waals surface area contributed by atoms with E-state index in [1.807, 2.05) is 6.07 Å². The van der Waals surface area contributed by atoms with E-state index in [2.05, 4.69) is 32.1 Å². The van der Waals surface area contributed by atoms with Crippen LogP contribution in [-0.2, 0) is 22.3 Å². The molecule has 0 amide bonds. The van der Waals surface area contributed by atoms with Crippen molar-refractivity contribution in [2.75, 3.05) is 20.0 Å². The van der Waals surface area contributed by atoms with Gasteiger partial charge in [-0.1, -0.05) is 0 Å². The molecule has 0 aliphatic heterocycles. The number of fused-ring (bicyclic) bond motifs is 2. The summed E-state index contributed by atoms with van der Waals surface area (Å²) in [5.74, 6) is -0.710. The number of carbonyl (C=O) groups excluding carboxylic acids is 4. The number of nitrogens with two attached hydrogens (primary N) is 1. The van der Waals surface area contributed by atoms with Crippen LogP contribution in [0.3, 0.4) is 0 Å². The van der Waals surface area contributed by atoms with Gasteiger partial charge >= 0.3 is 11.9 Å². The van der Waals surface area contributed by atoms with Crippen LogP contribution in [0, 0.1) is 3.57 Å². The van der Waals surface area contributed by atoms with E-state index in [1.54, 1.807) is 12.1 Å². The summed E-state index contributed by atoms with van der Waals surface area (Å²) in [5, 5.41) is 0. The molecule has 4 rings (SSSR count). The maximum atomic E-state index is 11.5. The van der Waals surface area contributed by atoms with Gasteiger partial charge in [-0.05, 0) is 70.8 Å². The summed E-state index contributed by atoms with van der Waals surface area (Å²) in [6, 6.07) is 6.77. The molecule has 0 atom stereocenters. The largest absolute Gasteiger partial charge is 0.465 e. The van der Waals surface area contributed by atoms with Crippen molar-refractivity contribution >= 4 is 51.8 Å². The first-order valence-electron chi connectivity index (χ1n) is 9.24. The number of carbonyl (C=O) groups is 4. The number of aryl methyl sites for hydroxylation is 2. The molecule has 0 saturated heterocycles. The molecular weight excluding hydrogens is 501 g/mol. The standard InChI is InChI=1S/C11H9IO3.C11H11NO3/c2*1-15-11(14)8-5-7-6(4-9(8)12)2-3-10(7)13/h4-5H,2-3H2,1H3;4-5H,2-3,12H2,1H3. The average Bonchev–Trinajstić information content (AvgIpc) is 3.28. The number of methoxy groups -OCH3 is 2. The first kappa shape index (κ1) is 21.9.